The van der Waals surface area contributed by atoms with Gasteiger partial charge >= 0.3 is 5.91 Å². The van der Waals surface area contributed by atoms with Crippen molar-refractivity contribution in [2.75, 3.05) is 0 Å². The molecule has 2 aromatic rings. The van der Waals surface area contributed by atoms with E-state index in [9.17, 15) is 4.79 Å². The molecule has 0 aliphatic rings. The number of nitrogens with two attached hydrogens (primary N) is 1. The minimum absolute atomic E-state index is 0.234. The van der Waals surface area contributed by atoms with Gasteiger partial charge in [-0.3, -0.25) is 10.2 Å². The smallest absolute Gasteiger partial charge is 0.300 e. The zero-order valence-electron chi connectivity index (χ0n) is 11.6. The molecule has 1 amide bonds. The van der Waals surface area contributed by atoms with Gasteiger partial charge in [0.15, 0.2) is 5.76 Å². The summed E-state index contributed by atoms with van der Waals surface area (Å²) in [5.41, 5.74) is 3.37. The van der Waals surface area contributed by atoms with Crippen LogP contribution in [0.3, 0.4) is 0 Å². The first-order valence-corrected chi connectivity index (χ1v) is 7.41. The Morgan fingerprint density at radius 3 is 2.55 bits per heavy atom. The fourth-order valence-electron chi connectivity index (χ4n) is 1.75. The van der Waals surface area contributed by atoms with Crippen molar-refractivity contribution < 1.29 is 9.21 Å². The number of amides is 1. The van der Waals surface area contributed by atoms with Crippen LogP contribution in [0.25, 0.3) is 0 Å². The Kier molecular flexibility index (Phi) is 4.87. The lowest BCUT2D eigenvalue weighted by molar-refractivity contribution is 0.0924. The molecule has 1 aromatic heterocycles. The molecule has 0 spiro atoms. The van der Waals surface area contributed by atoms with Crippen molar-refractivity contribution in [1.29, 1.82) is 0 Å². The number of rotatable bonds is 5. The first-order valence-electron chi connectivity index (χ1n) is 6.42. The van der Waals surface area contributed by atoms with Gasteiger partial charge in [0.25, 0.3) is 0 Å². The van der Waals surface area contributed by atoms with Gasteiger partial charge in [-0.05, 0) is 35.7 Å². The Hall–Kier alpha value is -1.72. The van der Waals surface area contributed by atoms with Crippen molar-refractivity contribution in [1.82, 2.24) is 5.43 Å². The van der Waals surface area contributed by atoms with Gasteiger partial charge in [-0.15, -0.1) is 11.8 Å². The number of carbonyl (C=O) groups excluding carboxylic acids is 1. The maximum absolute atomic E-state index is 11.3. The van der Waals surface area contributed by atoms with Crippen molar-refractivity contribution in [3.8, 4) is 0 Å². The highest BCUT2D eigenvalue weighted by molar-refractivity contribution is 7.98. The van der Waals surface area contributed by atoms with Gasteiger partial charge in [0.2, 0.25) is 0 Å². The maximum Gasteiger partial charge on any atom is 0.300 e. The van der Waals surface area contributed by atoms with Crippen LogP contribution in [-0.4, -0.2) is 5.91 Å². The third kappa shape index (κ3) is 3.65. The van der Waals surface area contributed by atoms with Crippen molar-refractivity contribution in [3.63, 3.8) is 0 Å². The Labute approximate surface area is 122 Å². The zero-order chi connectivity index (χ0) is 14.5. The number of nitrogens with one attached hydrogen (secondary N) is 1. The molecule has 5 heteroatoms. The molecular weight excluding hydrogens is 272 g/mol. The molecule has 1 aromatic carbocycles. The summed E-state index contributed by atoms with van der Waals surface area (Å²) >= 11 is 1.67. The average Bonchev–Trinajstić information content (AvgIpc) is 2.93. The first kappa shape index (κ1) is 14.7. The monoisotopic (exact) mass is 290 g/mol. The quantitative estimate of drug-likeness (QED) is 0.384. The van der Waals surface area contributed by atoms with E-state index in [2.05, 4.69) is 38.1 Å². The van der Waals surface area contributed by atoms with E-state index in [1.807, 2.05) is 5.43 Å². The highest BCUT2D eigenvalue weighted by Crippen LogP contribution is 2.25. The Morgan fingerprint density at radius 2 is 1.95 bits per heavy atom. The predicted molar refractivity (Wildman–Crippen MR) is 80.5 cm³/mol. The predicted octanol–water partition coefficient (Wildman–Crippen LogP) is 3.30. The van der Waals surface area contributed by atoms with Crippen LogP contribution >= 0.6 is 11.8 Å². The SMILES string of the molecule is CC(C)c1ccc(SCc2ccc(C(=O)NN)o2)cc1. The Bertz CT molecular complexity index is 576. The molecule has 3 N–H and O–H groups in total. The maximum atomic E-state index is 11.3. The molecule has 0 aliphatic heterocycles. The summed E-state index contributed by atoms with van der Waals surface area (Å²) in [4.78, 5) is 12.4. The number of hydrogen-bond acceptors (Lipinski definition) is 4. The molecule has 0 radical (unpaired) electrons. The summed E-state index contributed by atoms with van der Waals surface area (Å²) in [5.74, 6) is 6.84. The van der Waals surface area contributed by atoms with Crippen LogP contribution < -0.4 is 11.3 Å². The van der Waals surface area contributed by atoms with E-state index in [1.54, 1.807) is 23.9 Å². The van der Waals surface area contributed by atoms with Crippen molar-refractivity contribution in [2.45, 2.75) is 30.4 Å². The molecule has 4 nitrogen and oxygen atoms in total. The molecule has 0 saturated heterocycles. The van der Waals surface area contributed by atoms with Gasteiger partial charge < -0.3 is 4.42 Å². The summed E-state index contributed by atoms with van der Waals surface area (Å²) in [6.07, 6.45) is 0. The summed E-state index contributed by atoms with van der Waals surface area (Å²) in [6.45, 7) is 4.35. The highest BCUT2D eigenvalue weighted by atomic mass is 32.2. The molecule has 0 fully saturated rings. The van der Waals surface area contributed by atoms with Gasteiger partial charge in [-0.1, -0.05) is 26.0 Å². The van der Waals surface area contributed by atoms with Gasteiger partial charge in [-0.25, -0.2) is 5.84 Å². The second-order valence-electron chi connectivity index (χ2n) is 4.75. The fourth-order valence-corrected chi connectivity index (χ4v) is 2.54. The van der Waals surface area contributed by atoms with Crippen molar-refractivity contribution in [3.05, 3.63) is 53.5 Å². The number of hydrazine groups is 1. The topological polar surface area (TPSA) is 68.3 Å². The summed E-state index contributed by atoms with van der Waals surface area (Å²) in [6, 6.07) is 11.9. The van der Waals surface area contributed by atoms with E-state index in [-0.39, 0.29) is 5.76 Å². The summed E-state index contributed by atoms with van der Waals surface area (Å²) in [7, 11) is 0. The van der Waals surface area contributed by atoms with Crippen LogP contribution in [0.4, 0.5) is 0 Å². The minimum Gasteiger partial charge on any atom is -0.455 e. The lowest BCUT2D eigenvalue weighted by Gasteiger charge is -2.06. The molecule has 1 heterocycles. The lowest BCUT2D eigenvalue weighted by atomic mass is 10.0. The van der Waals surface area contributed by atoms with E-state index in [4.69, 9.17) is 10.3 Å². The van der Waals surface area contributed by atoms with Crippen molar-refractivity contribution >= 4 is 17.7 Å². The molecule has 106 valence electrons. The zero-order valence-corrected chi connectivity index (χ0v) is 12.4. The third-order valence-electron chi connectivity index (χ3n) is 2.94. The minimum atomic E-state index is -0.414. The third-order valence-corrected chi connectivity index (χ3v) is 3.98. The van der Waals surface area contributed by atoms with Crippen LogP contribution in [-0.2, 0) is 5.75 Å². The molecule has 2 rings (SSSR count). The van der Waals surface area contributed by atoms with E-state index in [0.29, 0.717) is 11.7 Å². The highest BCUT2D eigenvalue weighted by Gasteiger charge is 2.09. The largest absolute Gasteiger partial charge is 0.455 e. The van der Waals surface area contributed by atoms with E-state index < -0.39 is 5.91 Å². The molecule has 0 aliphatic carbocycles. The van der Waals surface area contributed by atoms with Crippen LogP contribution in [0.15, 0.2) is 45.7 Å². The van der Waals surface area contributed by atoms with E-state index in [1.165, 1.54) is 10.5 Å². The number of carbonyl (C=O) groups is 1. The second kappa shape index (κ2) is 6.63. The molecule has 0 atom stereocenters. The normalized spacial score (nSPS) is 10.8. The number of benzene rings is 1. The van der Waals surface area contributed by atoms with Crippen LogP contribution in [0.2, 0.25) is 0 Å². The number of thioether (sulfide) groups is 1. The van der Waals surface area contributed by atoms with Crippen molar-refractivity contribution in [2.24, 2.45) is 5.84 Å². The Morgan fingerprint density at radius 1 is 1.25 bits per heavy atom. The van der Waals surface area contributed by atoms with Gasteiger partial charge in [0.05, 0.1) is 5.75 Å². The fraction of sp³-hybridized carbons (Fsp3) is 0.267. The van der Waals surface area contributed by atoms with Crippen LogP contribution in [0, 0.1) is 0 Å². The molecule has 0 bridgehead atoms. The second-order valence-corrected chi connectivity index (χ2v) is 5.80. The van der Waals surface area contributed by atoms with Crippen LogP contribution in [0.5, 0.6) is 0 Å². The van der Waals surface area contributed by atoms with Gasteiger partial charge in [0, 0.05) is 4.90 Å². The summed E-state index contributed by atoms with van der Waals surface area (Å²) < 4.78 is 5.41. The first-order chi connectivity index (χ1) is 9.60. The van der Waals surface area contributed by atoms with Crippen LogP contribution in [0.1, 0.15) is 41.6 Å². The van der Waals surface area contributed by atoms with Gasteiger partial charge in [-0.2, -0.15) is 0 Å². The number of hydrogen-bond donors (Lipinski definition) is 2. The average molecular weight is 290 g/mol. The van der Waals surface area contributed by atoms with E-state index in [0.717, 1.165) is 5.76 Å². The standard InChI is InChI=1S/C15H18N2O2S/c1-10(2)11-3-6-13(7-4-11)20-9-12-5-8-14(19-12)15(18)17-16/h3-8,10H,9,16H2,1-2H3,(H,17,18). The van der Waals surface area contributed by atoms with Gasteiger partial charge in [0.1, 0.15) is 5.76 Å². The molecular formula is C15H18N2O2S. The number of nitrogen functional groups attached to an aromatic ring is 1. The number of furan rings is 1. The Balaban J connectivity index is 1.94. The molecule has 0 unspecified atom stereocenters. The molecule has 20 heavy (non-hydrogen) atoms. The lowest BCUT2D eigenvalue weighted by Crippen LogP contribution is -2.29. The molecule has 0 saturated carbocycles. The summed E-state index contributed by atoms with van der Waals surface area (Å²) in [5, 5.41) is 0. The van der Waals surface area contributed by atoms with E-state index >= 15 is 0 Å².